The van der Waals surface area contributed by atoms with Gasteiger partial charge in [-0.25, -0.2) is 8.42 Å². The number of hydrogen-bond acceptors (Lipinski definition) is 4. The van der Waals surface area contributed by atoms with Gasteiger partial charge in [-0.15, -0.1) is 0 Å². The van der Waals surface area contributed by atoms with Crippen LogP contribution in [0.1, 0.15) is 32.3 Å². The number of rotatable bonds is 2. The first-order valence-corrected chi connectivity index (χ1v) is 7.55. The Morgan fingerprint density at radius 2 is 2.11 bits per heavy atom. The number of hydrogen-bond donors (Lipinski definition) is 1. The Hall–Kier alpha value is -1.58. The summed E-state index contributed by atoms with van der Waals surface area (Å²) in [5, 5.41) is 8.78. The minimum absolute atomic E-state index is 0.0847. The highest BCUT2D eigenvalue weighted by atomic mass is 32.2. The number of nitrogens with zero attached hydrogens (tertiary/aromatic N) is 2. The highest BCUT2D eigenvalue weighted by Crippen LogP contribution is 2.35. The van der Waals surface area contributed by atoms with Gasteiger partial charge in [0.25, 0.3) is 0 Å². The average Bonchev–Trinajstić information content (AvgIpc) is 2.69. The van der Waals surface area contributed by atoms with Gasteiger partial charge in [0.15, 0.2) is 0 Å². The molecule has 0 aromatic heterocycles. The molecule has 1 aliphatic heterocycles. The molecule has 0 unspecified atom stereocenters. The van der Waals surface area contributed by atoms with Crippen LogP contribution in [-0.2, 0) is 10.0 Å². The zero-order valence-electron chi connectivity index (χ0n) is 11.0. The average molecular weight is 279 g/mol. The number of benzene rings is 1. The van der Waals surface area contributed by atoms with Crippen LogP contribution in [0.5, 0.6) is 0 Å². The van der Waals surface area contributed by atoms with Crippen molar-refractivity contribution in [2.75, 3.05) is 12.3 Å². The molecule has 1 fully saturated rings. The lowest BCUT2D eigenvalue weighted by atomic mass is 10.0. The van der Waals surface area contributed by atoms with Crippen molar-refractivity contribution in [2.24, 2.45) is 0 Å². The molecule has 1 aromatic carbocycles. The second-order valence-electron chi connectivity index (χ2n) is 5.36. The summed E-state index contributed by atoms with van der Waals surface area (Å²) >= 11 is 0. The van der Waals surface area contributed by atoms with E-state index in [0.717, 1.165) is 12.8 Å². The van der Waals surface area contributed by atoms with Gasteiger partial charge >= 0.3 is 0 Å². The summed E-state index contributed by atoms with van der Waals surface area (Å²) in [6.45, 7) is 4.34. The number of anilines is 1. The maximum Gasteiger partial charge on any atom is 0.245 e. The Morgan fingerprint density at radius 1 is 1.42 bits per heavy atom. The van der Waals surface area contributed by atoms with Gasteiger partial charge in [-0.3, -0.25) is 0 Å². The zero-order valence-corrected chi connectivity index (χ0v) is 11.9. The van der Waals surface area contributed by atoms with Crippen molar-refractivity contribution in [3.8, 4) is 6.07 Å². The normalized spacial score (nSPS) is 19.2. The molecule has 0 atom stereocenters. The highest BCUT2D eigenvalue weighted by Gasteiger charge is 2.41. The Kier molecular flexibility index (Phi) is 3.29. The SMILES string of the molecule is CC1(C)CCCN1S(=O)(=O)c1ccc(C#N)cc1N. The largest absolute Gasteiger partial charge is 0.398 e. The van der Waals surface area contributed by atoms with Crippen LogP contribution in [0.3, 0.4) is 0 Å². The number of sulfonamides is 1. The lowest BCUT2D eigenvalue weighted by Gasteiger charge is -2.30. The van der Waals surface area contributed by atoms with Crippen molar-refractivity contribution in [1.29, 1.82) is 5.26 Å². The third-order valence-electron chi connectivity index (χ3n) is 3.53. The molecule has 19 heavy (non-hydrogen) atoms. The van der Waals surface area contributed by atoms with Crippen molar-refractivity contribution < 1.29 is 8.42 Å². The van der Waals surface area contributed by atoms with Gasteiger partial charge < -0.3 is 5.73 Å². The second kappa shape index (κ2) is 4.51. The van der Waals surface area contributed by atoms with Gasteiger partial charge in [0, 0.05) is 12.1 Å². The van der Waals surface area contributed by atoms with E-state index in [1.807, 2.05) is 19.9 Å². The highest BCUT2D eigenvalue weighted by molar-refractivity contribution is 7.89. The van der Waals surface area contributed by atoms with Crippen LogP contribution >= 0.6 is 0 Å². The molecule has 102 valence electrons. The fourth-order valence-electron chi connectivity index (χ4n) is 2.50. The van der Waals surface area contributed by atoms with E-state index < -0.39 is 10.0 Å². The van der Waals surface area contributed by atoms with Gasteiger partial charge in [0.2, 0.25) is 10.0 Å². The Labute approximate surface area is 113 Å². The second-order valence-corrected chi connectivity index (χ2v) is 7.19. The molecule has 1 saturated heterocycles. The van der Waals surface area contributed by atoms with Crippen molar-refractivity contribution in [3.05, 3.63) is 23.8 Å². The molecule has 6 heteroatoms. The van der Waals surface area contributed by atoms with Crippen LogP contribution in [0, 0.1) is 11.3 Å². The molecule has 5 nitrogen and oxygen atoms in total. The molecule has 0 spiro atoms. The van der Waals surface area contributed by atoms with Crippen LogP contribution < -0.4 is 5.73 Å². The smallest absolute Gasteiger partial charge is 0.245 e. The van der Waals surface area contributed by atoms with E-state index in [1.165, 1.54) is 22.5 Å². The lowest BCUT2D eigenvalue weighted by molar-refractivity contribution is 0.292. The molecular weight excluding hydrogens is 262 g/mol. The van der Waals surface area contributed by atoms with E-state index in [4.69, 9.17) is 11.0 Å². The van der Waals surface area contributed by atoms with Gasteiger partial charge in [0.1, 0.15) is 4.90 Å². The van der Waals surface area contributed by atoms with Crippen LogP contribution in [0.4, 0.5) is 5.69 Å². The number of nitrogens with two attached hydrogens (primary N) is 1. The summed E-state index contributed by atoms with van der Waals surface area (Å²) in [6, 6.07) is 6.24. The summed E-state index contributed by atoms with van der Waals surface area (Å²) in [4.78, 5) is 0.0847. The summed E-state index contributed by atoms with van der Waals surface area (Å²) in [6.07, 6.45) is 1.69. The third-order valence-corrected chi connectivity index (χ3v) is 5.72. The van der Waals surface area contributed by atoms with Gasteiger partial charge in [-0.2, -0.15) is 9.57 Å². The van der Waals surface area contributed by atoms with E-state index in [2.05, 4.69) is 0 Å². The molecule has 1 aromatic rings. The Bertz CT molecular complexity index is 644. The first-order valence-electron chi connectivity index (χ1n) is 6.11. The molecule has 0 amide bonds. The van der Waals surface area contributed by atoms with Gasteiger partial charge in [-0.05, 0) is 44.9 Å². The van der Waals surface area contributed by atoms with Crippen LogP contribution in [0.15, 0.2) is 23.1 Å². The fourth-order valence-corrected chi connectivity index (χ4v) is 4.45. The van der Waals surface area contributed by atoms with E-state index in [0.29, 0.717) is 12.1 Å². The van der Waals surface area contributed by atoms with E-state index in [9.17, 15) is 8.42 Å². The molecule has 2 rings (SSSR count). The molecular formula is C13H17N3O2S. The first kappa shape index (κ1) is 13.8. The van der Waals surface area contributed by atoms with Crippen molar-refractivity contribution in [1.82, 2.24) is 4.31 Å². The van der Waals surface area contributed by atoms with E-state index in [-0.39, 0.29) is 16.1 Å². The molecule has 0 radical (unpaired) electrons. The van der Waals surface area contributed by atoms with Crippen LogP contribution in [0.2, 0.25) is 0 Å². The van der Waals surface area contributed by atoms with Gasteiger partial charge in [0.05, 0.1) is 17.3 Å². The maximum absolute atomic E-state index is 12.6. The van der Waals surface area contributed by atoms with Crippen molar-refractivity contribution in [3.63, 3.8) is 0 Å². The predicted octanol–water partition coefficient (Wildman–Crippen LogP) is 1.70. The zero-order chi connectivity index (χ0) is 14.3. The van der Waals surface area contributed by atoms with Crippen molar-refractivity contribution in [2.45, 2.75) is 37.1 Å². The maximum atomic E-state index is 12.6. The van der Waals surface area contributed by atoms with Crippen LogP contribution in [0.25, 0.3) is 0 Å². The lowest BCUT2D eigenvalue weighted by Crippen LogP contribution is -2.42. The predicted molar refractivity (Wildman–Crippen MR) is 72.8 cm³/mol. The monoisotopic (exact) mass is 279 g/mol. The minimum atomic E-state index is -3.60. The summed E-state index contributed by atoms with van der Waals surface area (Å²) < 4.78 is 26.8. The first-order chi connectivity index (χ1) is 8.79. The Morgan fingerprint density at radius 3 is 2.58 bits per heavy atom. The number of nitrogen functional groups attached to an aromatic ring is 1. The molecule has 1 aliphatic rings. The molecule has 0 saturated carbocycles. The topological polar surface area (TPSA) is 87.2 Å². The minimum Gasteiger partial charge on any atom is -0.398 e. The van der Waals surface area contributed by atoms with Crippen molar-refractivity contribution >= 4 is 15.7 Å². The quantitative estimate of drug-likeness (QED) is 0.835. The van der Waals surface area contributed by atoms with Gasteiger partial charge in [-0.1, -0.05) is 0 Å². The fraction of sp³-hybridized carbons (Fsp3) is 0.462. The molecule has 0 bridgehead atoms. The molecule has 0 aliphatic carbocycles. The van der Waals surface area contributed by atoms with E-state index >= 15 is 0 Å². The summed E-state index contributed by atoms with van der Waals surface area (Å²) in [7, 11) is -3.60. The standard InChI is InChI=1S/C13H17N3O2S/c1-13(2)6-3-7-16(13)19(17,18)12-5-4-10(9-14)8-11(12)15/h4-5,8H,3,6-7,15H2,1-2H3. The summed E-state index contributed by atoms with van der Waals surface area (Å²) in [5.74, 6) is 0. The third kappa shape index (κ3) is 2.31. The summed E-state index contributed by atoms with van der Waals surface area (Å²) in [5.41, 5.74) is 5.88. The Balaban J connectivity index is 2.49. The number of nitriles is 1. The van der Waals surface area contributed by atoms with Crippen LogP contribution in [-0.4, -0.2) is 24.8 Å². The van der Waals surface area contributed by atoms with E-state index in [1.54, 1.807) is 0 Å². The molecule has 2 N–H and O–H groups in total. The molecule has 1 heterocycles.